The topological polar surface area (TPSA) is 114 Å². The maximum Gasteiger partial charge on any atom is 0.244 e. The van der Waals surface area contributed by atoms with Gasteiger partial charge in [0, 0.05) is 25.1 Å². The van der Waals surface area contributed by atoms with E-state index in [1.807, 2.05) is 0 Å². The van der Waals surface area contributed by atoms with Gasteiger partial charge >= 0.3 is 0 Å². The Morgan fingerprint density at radius 3 is 2.31 bits per heavy atom. The zero-order chi connectivity index (χ0) is 21.1. The Hall–Kier alpha value is -2.30. The minimum Gasteiger partial charge on any atom is -0.325 e. The molecular formula is C19H23N3O5S2. The molecule has 1 heterocycles. The van der Waals surface area contributed by atoms with Crippen molar-refractivity contribution in [3.05, 3.63) is 48.8 Å². The van der Waals surface area contributed by atoms with E-state index in [9.17, 15) is 21.6 Å². The number of amides is 1. The van der Waals surface area contributed by atoms with E-state index in [4.69, 9.17) is 0 Å². The van der Waals surface area contributed by atoms with Gasteiger partial charge in [-0.3, -0.25) is 9.78 Å². The lowest BCUT2D eigenvalue weighted by Crippen LogP contribution is -2.35. The number of aromatic nitrogens is 1. The average molecular weight is 438 g/mol. The molecule has 156 valence electrons. The van der Waals surface area contributed by atoms with Crippen molar-refractivity contribution in [3.8, 4) is 0 Å². The van der Waals surface area contributed by atoms with Gasteiger partial charge in [0.05, 0.1) is 16.7 Å². The van der Waals surface area contributed by atoms with Crippen molar-refractivity contribution in [2.75, 3.05) is 18.9 Å². The van der Waals surface area contributed by atoms with E-state index in [-0.39, 0.29) is 21.6 Å². The first kappa shape index (κ1) is 21.4. The number of likely N-dealkylation sites (N-methyl/N-ethyl adjacent to an activating group) is 1. The molecule has 0 atom stereocenters. The van der Waals surface area contributed by atoms with Gasteiger partial charge in [-0.2, -0.15) is 4.31 Å². The normalized spacial score (nSPS) is 15.5. The molecule has 1 N–H and O–H groups in total. The van der Waals surface area contributed by atoms with E-state index in [1.165, 1.54) is 55.8 Å². The van der Waals surface area contributed by atoms with Gasteiger partial charge in [-0.1, -0.05) is 12.8 Å². The fraction of sp³-hybridized carbons (Fsp3) is 0.368. The molecule has 8 nitrogen and oxygen atoms in total. The van der Waals surface area contributed by atoms with Crippen LogP contribution < -0.4 is 5.32 Å². The van der Waals surface area contributed by atoms with Crippen LogP contribution in [0.1, 0.15) is 25.7 Å². The summed E-state index contributed by atoms with van der Waals surface area (Å²) in [6, 6.07) is 8.87. The zero-order valence-electron chi connectivity index (χ0n) is 16.0. The number of benzene rings is 1. The molecule has 1 fully saturated rings. The molecule has 10 heteroatoms. The monoisotopic (exact) mass is 437 g/mol. The second kappa shape index (κ2) is 8.60. The highest BCUT2D eigenvalue weighted by Crippen LogP contribution is 2.30. The first-order valence-corrected chi connectivity index (χ1v) is 12.2. The number of carbonyl (C=O) groups is 1. The van der Waals surface area contributed by atoms with Gasteiger partial charge in [0.25, 0.3) is 0 Å². The zero-order valence-corrected chi connectivity index (χ0v) is 17.6. The summed E-state index contributed by atoms with van der Waals surface area (Å²) in [5.74, 6) is -0.536. The Bertz CT molecular complexity index is 1060. The highest BCUT2D eigenvalue weighted by Gasteiger charge is 2.30. The maximum absolute atomic E-state index is 12.6. The number of sulfone groups is 1. The minimum atomic E-state index is -3.83. The van der Waals surface area contributed by atoms with E-state index in [2.05, 4.69) is 10.3 Å². The summed E-state index contributed by atoms with van der Waals surface area (Å²) in [5, 5.41) is 2.25. The summed E-state index contributed by atoms with van der Waals surface area (Å²) in [6.45, 7) is -0.390. The molecule has 1 amide bonds. The molecule has 0 bridgehead atoms. The SMILES string of the molecule is CN(CC(=O)Nc1ccc(S(=O)(=O)C2CCCC2)cc1)S(=O)(=O)c1cccnc1. The highest BCUT2D eigenvalue weighted by molar-refractivity contribution is 7.92. The predicted molar refractivity (Wildman–Crippen MR) is 109 cm³/mol. The van der Waals surface area contributed by atoms with Crippen LogP contribution in [0.2, 0.25) is 0 Å². The molecular weight excluding hydrogens is 414 g/mol. The molecule has 1 aromatic heterocycles. The van der Waals surface area contributed by atoms with Gasteiger partial charge in [-0.15, -0.1) is 0 Å². The molecule has 0 radical (unpaired) electrons. The van der Waals surface area contributed by atoms with E-state index < -0.39 is 25.8 Å². The molecule has 3 rings (SSSR count). The standard InChI is InChI=1S/C19H23N3O5S2/c1-22(29(26,27)18-7-4-12-20-13-18)14-19(23)21-15-8-10-17(11-9-15)28(24,25)16-5-2-3-6-16/h4,7-13,16H,2-3,5-6,14H2,1H3,(H,21,23). The molecule has 1 aliphatic carbocycles. The van der Waals surface area contributed by atoms with Gasteiger partial charge < -0.3 is 5.32 Å². The van der Waals surface area contributed by atoms with Gasteiger partial charge in [0.15, 0.2) is 9.84 Å². The lowest BCUT2D eigenvalue weighted by molar-refractivity contribution is -0.116. The van der Waals surface area contributed by atoms with Crippen molar-refractivity contribution in [2.24, 2.45) is 0 Å². The maximum atomic E-state index is 12.6. The van der Waals surface area contributed by atoms with Gasteiger partial charge in [0.2, 0.25) is 15.9 Å². The number of hydrogen-bond acceptors (Lipinski definition) is 6. The summed E-state index contributed by atoms with van der Waals surface area (Å²) in [4.78, 5) is 16.3. The molecule has 1 saturated carbocycles. The van der Waals surface area contributed by atoms with E-state index >= 15 is 0 Å². The molecule has 2 aromatic rings. The molecule has 0 saturated heterocycles. The summed E-state index contributed by atoms with van der Waals surface area (Å²) in [5.41, 5.74) is 0.396. The smallest absolute Gasteiger partial charge is 0.244 e. The van der Waals surface area contributed by atoms with Crippen molar-refractivity contribution in [1.29, 1.82) is 0 Å². The number of anilines is 1. The van der Waals surface area contributed by atoms with E-state index in [0.717, 1.165) is 17.1 Å². The first-order chi connectivity index (χ1) is 13.7. The van der Waals surface area contributed by atoms with Gasteiger partial charge in [0.1, 0.15) is 4.90 Å². The van der Waals surface area contributed by atoms with Crippen molar-refractivity contribution in [3.63, 3.8) is 0 Å². The lowest BCUT2D eigenvalue weighted by Gasteiger charge is -2.17. The summed E-state index contributed by atoms with van der Waals surface area (Å²) in [7, 11) is -5.89. The molecule has 1 aliphatic rings. The number of carbonyl (C=O) groups excluding carboxylic acids is 1. The van der Waals surface area contributed by atoms with Crippen LogP contribution in [-0.2, 0) is 24.7 Å². The number of pyridine rings is 1. The van der Waals surface area contributed by atoms with Crippen molar-refractivity contribution >= 4 is 31.5 Å². The fourth-order valence-corrected chi connectivity index (χ4v) is 6.23. The first-order valence-electron chi connectivity index (χ1n) is 9.21. The Labute approximate surface area is 170 Å². The summed E-state index contributed by atoms with van der Waals surface area (Å²) in [6.07, 6.45) is 5.88. The van der Waals surface area contributed by atoms with Crippen LogP contribution in [0.3, 0.4) is 0 Å². The fourth-order valence-electron chi connectivity index (χ4n) is 3.29. The number of rotatable bonds is 7. The number of nitrogens with zero attached hydrogens (tertiary/aromatic N) is 2. The largest absolute Gasteiger partial charge is 0.325 e. The minimum absolute atomic E-state index is 0.00299. The predicted octanol–water partition coefficient (Wildman–Crippen LogP) is 2.06. The van der Waals surface area contributed by atoms with Gasteiger partial charge in [-0.25, -0.2) is 16.8 Å². The van der Waals surface area contributed by atoms with Crippen molar-refractivity contribution in [1.82, 2.24) is 9.29 Å². The van der Waals surface area contributed by atoms with Crippen LogP contribution in [-0.4, -0.2) is 50.9 Å². The quantitative estimate of drug-likeness (QED) is 0.709. The Kier molecular flexibility index (Phi) is 6.35. The van der Waals surface area contributed by atoms with E-state index in [0.29, 0.717) is 18.5 Å². The number of nitrogens with one attached hydrogen (secondary N) is 1. The second-order valence-electron chi connectivity index (χ2n) is 6.97. The molecule has 1 aromatic carbocycles. The lowest BCUT2D eigenvalue weighted by atomic mass is 10.3. The highest BCUT2D eigenvalue weighted by atomic mass is 32.2. The van der Waals surface area contributed by atoms with Crippen LogP contribution in [0, 0.1) is 0 Å². The summed E-state index contributed by atoms with van der Waals surface area (Å²) >= 11 is 0. The van der Waals surface area contributed by atoms with Crippen molar-refractivity contribution < 1.29 is 21.6 Å². The molecule has 0 unspecified atom stereocenters. The third kappa shape index (κ3) is 4.82. The third-order valence-electron chi connectivity index (χ3n) is 4.92. The van der Waals surface area contributed by atoms with Gasteiger partial charge in [-0.05, 0) is 49.2 Å². The second-order valence-corrected chi connectivity index (χ2v) is 11.2. The summed E-state index contributed by atoms with van der Waals surface area (Å²) < 4.78 is 51.0. The average Bonchev–Trinajstić information content (AvgIpc) is 3.24. The van der Waals surface area contributed by atoms with Crippen molar-refractivity contribution in [2.45, 2.75) is 40.7 Å². The Morgan fingerprint density at radius 1 is 1.07 bits per heavy atom. The number of hydrogen-bond donors (Lipinski definition) is 1. The molecule has 0 aliphatic heterocycles. The van der Waals surface area contributed by atoms with Crippen LogP contribution in [0.4, 0.5) is 5.69 Å². The van der Waals surface area contributed by atoms with Crippen LogP contribution in [0.15, 0.2) is 58.6 Å². The number of sulfonamides is 1. The van der Waals surface area contributed by atoms with Crippen LogP contribution in [0.5, 0.6) is 0 Å². The Balaban J connectivity index is 1.64. The third-order valence-corrected chi connectivity index (χ3v) is 8.98. The molecule has 0 spiro atoms. The Morgan fingerprint density at radius 2 is 1.72 bits per heavy atom. The van der Waals surface area contributed by atoms with E-state index in [1.54, 1.807) is 0 Å². The van der Waals surface area contributed by atoms with Crippen LogP contribution in [0.25, 0.3) is 0 Å². The molecule has 29 heavy (non-hydrogen) atoms. The van der Waals surface area contributed by atoms with Crippen LogP contribution >= 0.6 is 0 Å².